The van der Waals surface area contributed by atoms with Gasteiger partial charge in [-0.25, -0.2) is 0 Å². The molecule has 2 aromatic carbocycles. The normalized spacial score (nSPS) is 15.1. The van der Waals surface area contributed by atoms with Crippen LogP contribution in [0.25, 0.3) is 6.08 Å². The van der Waals surface area contributed by atoms with Crippen molar-refractivity contribution in [2.24, 2.45) is 5.92 Å². The number of Topliss-reactive ketones (excluding diaryl/α,β-unsaturated/α-hetero) is 1. The van der Waals surface area contributed by atoms with Crippen molar-refractivity contribution in [3.05, 3.63) is 71.3 Å². The fourth-order valence-electron chi connectivity index (χ4n) is 3.62. The summed E-state index contributed by atoms with van der Waals surface area (Å²) < 4.78 is 5.14. The number of ether oxygens (including phenoxy) is 1. The number of benzene rings is 2. The highest BCUT2D eigenvalue weighted by atomic mass is 16.5. The molecule has 0 spiro atoms. The summed E-state index contributed by atoms with van der Waals surface area (Å²) in [6, 6.07) is 15.5. The largest absolute Gasteiger partial charge is 0.497 e. The Kier molecular flexibility index (Phi) is 6.86. The molecule has 3 rings (SSSR count). The molecule has 1 heterocycles. The van der Waals surface area contributed by atoms with E-state index in [1.165, 1.54) is 5.56 Å². The smallest absolute Gasteiger partial charge is 0.246 e. The van der Waals surface area contributed by atoms with Gasteiger partial charge < -0.3 is 9.64 Å². The van der Waals surface area contributed by atoms with Crippen LogP contribution in [0.4, 0.5) is 0 Å². The molecular formula is C25H29NO3. The molecule has 1 aliphatic heterocycles. The number of amides is 1. The average molecular weight is 392 g/mol. The maximum absolute atomic E-state index is 12.7. The maximum atomic E-state index is 12.7. The van der Waals surface area contributed by atoms with Crippen molar-refractivity contribution in [1.82, 2.24) is 4.90 Å². The molecule has 0 aromatic heterocycles. The Morgan fingerprint density at radius 1 is 1.00 bits per heavy atom. The Balaban J connectivity index is 1.52. The van der Waals surface area contributed by atoms with Gasteiger partial charge in [-0.05, 0) is 60.2 Å². The van der Waals surface area contributed by atoms with Crippen molar-refractivity contribution in [2.45, 2.75) is 32.6 Å². The molecule has 0 N–H and O–H groups in total. The van der Waals surface area contributed by atoms with Crippen LogP contribution in [0, 0.1) is 5.92 Å². The lowest BCUT2D eigenvalue weighted by atomic mass is 9.89. The third kappa shape index (κ3) is 5.35. The van der Waals surface area contributed by atoms with Gasteiger partial charge >= 0.3 is 0 Å². The van der Waals surface area contributed by atoms with E-state index in [-0.39, 0.29) is 17.6 Å². The van der Waals surface area contributed by atoms with Gasteiger partial charge in [-0.1, -0.05) is 38.1 Å². The van der Waals surface area contributed by atoms with E-state index in [4.69, 9.17) is 4.74 Å². The summed E-state index contributed by atoms with van der Waals surface area (Å²) in [4.78, 5) is 27.0. The number of hydrogen-bond acceptors (Lipinski definition) is 3. The van der Waals surface area contributed by atoms with Gasteiger partial charge in [0.2, 0.25) is 5.91 Å². The molecule has 1 saturated heterocycles. The summed E-state index contributed by atoms with van der Waals surface area (Å²) in [6.45, 7) is 5.55. The molecule has 4 heteroatoms. The second-order valence-corrected chi connectivity index (χ2v) is 7.85. The van der Waals surface area contributed by atoms with Crippen molar-refractivity contribution in [2.75, 3.05) is 20.2 Å². The number of likely N-dealkylation sites (tertiary alicyclic amines) is 1. The summed E-state index contributed by atoms with van der Waals surface area (Å²) in [5.41, 5.74) is 3.02. The maximum Gasteiger partial charge on any atom is 0.246 e. The summed E-state index contributed by atoms with van der Waals surface area (Å²) in [7, 11) is 1.61. The predicted octanol–water partition coefficient (Wildman–Crippen LogP) is 4.95. The second kappa shape index (κ2) is 9.55. The third-order valence-electron chi connectivity index (χ3n) is 5.57. The first-order valence-electron chi connectivity index (χ1n) is 10.2. The number of hydrogen-bond donors (Lipinski definition) is 0. The number of methoxy groups -OCH3 is 1. The zero-order chi connectivity index (χ0) is 20.8. The van der Waals surface area contributed by atoms with Crippen LogP contribution in [0.1, 0.15) is 54.1 Å². The molecule has 0 saturated carbocycles. The predicted molar refractivity (Wildman–Crippen MR) is 116 cm³/mol. The second-order valence-electron chi connectivity index (χ2n) is 7.85. The molecule has 4 nitrogen and oxygen atoms in total. The first-order chi connectivity index (χ1) is 14.0. The van der Waals surface area contributed by atoms with Crippen molar-refractivity contribution in [1.29, 1.82) is 0 Å². The molecule has 1 fully saturated rings. The molecule has 29 heavy (non-hydrogen) atoms. The number of carbonyl (C=O) groups is 2. The zero-order valence-electron chi connectivity index (χ0n) is 17.4. The van der Waals surface area contributed by atoms with E-state index >= 15 is 0 Å². The van der Waals surface area contributed by atoms with E-state index in [9.17, 15) is 9.59 Å². The molecule has 0 atom stereocenters. The SMILES string of the molecule is COc1ccc(C(=O)C2CCN(C(=O)/C=C/c3ccc(C(C)C)cc3)CC2)cc1. The Bertz CT molecular complexity index is 858. The Morgan fingerprint density at radius 3 is 2.17 bits per heavy atom. The van der Waals surface area contributed by atoms with E-state index in [2.05, 4.69) is 26.0 Å². The van der Waals surface area contributed by atoms with Crippen LogP contribution in [-0.4, -0.2) is 36.8 Å². The van der Waals surface area contributed by atoms with E-state index in [1.807, 2.05) is 47.4 Å². The number of piperidine rings is 1. The molecule has 1 aliphatic rings. The monoisotopic (exact) mass is 391 g/mol. The minimum Gasteiger partial charge on any atom is -0.497 e. The minimum absolute atomic E-state index is 0.00767. The standard InChI is InChI=1S/C25H29NO3/c1-18(2)20-7-4-19(5-8-20)6-13-24(27)26-16-14-22(15-17-26)25(28)21-9-11-23(29-3)12-10-21/h4-13,18,22H,14-17H2,1-3H3/b13-6+. The van der Waals surface area contributed by atoms with Crippen LogP contribution in [0.15, 0.2) is 54.6 Å². The molecule has 0 unspecified atom stereocenters. The molecule has 1 amide bonds. The van der Waals surface area contributed by atoms with Crippen LogP contribution in [0.5, 0.6) is 5.75 Å². The lowest BCUT2D eigenvalue weighted by Crippen LogP contribution is -2.39. The first kappa shape index (κ1) is 20.8. The van der Waals surface area contributed by atoms with Crippen LogP contribution in [0.3, 0.4) is 0 Å². The fraction of sp³-hybridized carbons (Fsp3) is 0.360. The number of nitrogens with zero attached hydrogens (tertiary/aromatic N) is 1. The Labute approximate surface area is 173 Å². The van der Waals surface area contributed by atoms with Gasteiger partial charge in [-0.2, -0.15) is 0 Å². The van der Waals surface area contributed by atoms with Crippen LogP contribution in [-0.2, 0) is 4.79 Å². The lowest BCUT2D eigenvalue weighted by molar-refractivity contribution is -0.127. The van der Waals surface area contributed by atoms with Gasteiger partial charge in [-0.15, -0.1) is 0 Å². The molecular weight excluding hydrogens is 362 g/mol. The molecule has 2 aromatic rings. The van der Waals surface area contributed by atoms with Crippen molar-refractivity contribution in [3.8, 4) is 5.75 Å². The minimum atomic E-state index is -0.0278. The van der Waals surface area contributed by atoms with E-state index in [1.54, 1.807) is 13.2 Å². The number of rotatable bonds is 6. The van der Waals surface area contributed by atoms with Crippen molar-refractivity contribution < 1.29 is 14.3 Å². The van der Waals surface area contributed by atoms with Gasteiger partial charge in [0.05, 0.1) is 7.11 Å². The molecule has 152 valence electrons. The van der Waals surface area contributed by atoms with Gasteiger partial charge in [0.1, 0.15) is 5.75 Å². The first-order valence-corrected chi connectivity index (χ1v) is 10.2. The van der Waals surface area contributed by atoms with Gasteiger partial charge in [0.25, 0.3) is 0 Å². The Morgan fingerprint density at radius 2 is 1.62 bits per heavy atom. The van der Waals surface area contributed by atoms with E-state index in [0.717, 1.165) is 11.3 Å². The molecule has 0 radical (unpaired) electrons. The molecule has 0 aliphatic carbocycles. The highest BCUT2D eigenvalue weighted by Crippen LogP contribution is 2.23. The van der Waals surface area contributed by atoms with Crippen LogP contribution < -0.4 is 4.74 Å². The van der Waals surface area contributed by atoms with Crippen LogP contribution >= 0.6 is 0 Å². The summed E-state index contributed by atoms with van der Waals surface area (Å²) >= 11 is 0. The lowest BCUT2D eigenvalue weighted by Gasteiger charge is -2.30. The van der Waals surface area contributed by atoms with Crippen molar-refractivity contribution >= 4 is 17.8 Å². The topological polar surface area (TPSA) is 46.6 Å². The summed E-state index contributed by atoms with van der Waals surface area (Å²) in [5, 5.41) is 0. The quantitative estimate of drug-likeness (QED) is 0.517. The van der Waals surface area contributed by atoms with Crippen molar-refractivity contribution in [3.63, 3.8) is 0 Å². The van der Waals surface area contributed by atoms with E-state index in [0.29, 0.717) is 37.4 Å². The number of carbonyl (C=O) groups excluding carboxylic acids is 2. The van der Waals surface area contributed by atoms with Gasteiger partial charge in [0.15, 0.2) is 5.78 Å². The summed E-state index contributed by atoms with van der Waals surface area (Å²) in [6.07, 6.45) is 4.90. The highest BCUT2D eigenvalue weighted by Gasteiger charge is 2.27. The zero-order valence-corrected chi connectivity index (χ0v) is 17.4. The third-order valence-corrected chi connectivity index (χ3v) is 5.57. The Hall–Kier alpha value is -2.88. The van der Waals surface area contributed by atoms with E-state index < -0.39 is 0 Å². The highest BCUT2D eigenvalue weighted by molar-refractivity contribution is 5.98. The van der Waals surface area contributed by atoms with Gasteiger partial charge in [-0.3, -0.25) is 9.59 Å². The summed E-state index contributed by atoms with van der Waals surface area (Å²) in [5.74, 6) is 1.37. The molecule has 0 bridgehead atoms. The average Bonchev–Trinajstić information content (AvgIpc) is 2.77. The van der Waals surface area contributed by atoms with Crippen LogP contribution in [0.2, 0.25) is 0 Å². The number of ketones is 1. The fourth-order valence-corrected chi connectivity index (χ4v) is 3.62. The van der Waals surface area contributed by atoms with Gasteiger partial charge in [0, 0.05) is 30.6 Å².